The van der Waals surface area contributed by atoms with Crippen molar-refractivity contribution in [1.82, 2.24) is 4.57 Å². The van der Waals surface area contributed by atoms with Crippen molar-refractivity contribution >= 4 is 41.1 Å². The number of aromatic nitrogens is 1. The van der Waals surface area contributed by atoms with Crippen LogP contribution in [0.4, 0.5) is 14.4 Å². The molecule has 0 saturated heterocycles. The number of ether oxygens (including phenoxy) is 5. The third-order valence-electron chi connectivity index (χ3n) is 4.52. The maximum atomic E-state index is 12.9. The van der Waals surface area contributed by atoms with E-state index in [-0.39, 0.29) is 37.0 Å². The van der Waals surface area contributed by atoms with Crippen LogP contribution in [-0.4, -0.2) is 42.8 Å². The number of para-hydroxylation sites is 1. The molecule has 3 aromatic rings. The smallest absolute Gasteiger partial charge is 0.449 e. The first-order valence-electron chi connectivity index (χ1n) is 10.8. The highest BCUT2D eigenvalue weighted by atomic mass is 16.7. The molecule has 0 fully saturated rings. The Morgan fingerprint density at radius 3 is 2.09 bits per heavy atom. The van der Waals surface area contributed by atoms with Gasteiger partial charge in [-0.1, -0.05) is 48.5 Å². The minimum Gasteiger partial charge on any atom is -0.449 e. The SMILES string of the molecule is CCOC(=O)O/C(=C/c1ccccc1)c1c(OC(=O)OCC)n(C(=O)OCC)c2ccccc12. The normalized spacial score (nSPS) is 11.1. The third-order valence-corrected chi connectivity index (χ3v) is 4.52. The summed E-state index contributed by atoms with van der Waals surface area (Å²) >= 11 is 0. The van der Waals surface area contributed by atoms with E-state index in [0.717, 1.165) is 4.57 Å². The molecule has 2 aromatic carbocycles. The van der Waals surface area contributed by atoms with Gasteiger partial charge in [0.25, 0.3) is 0 Å². The molecule has 0 spiro atoms. The topological polar surface area (TPSA) is 102 Å². The standard InChI is InChI=1S/C25H25NO8/c1-4-30-23(27)26-19-15-11-10-14-18(19)21(22(26)34-25(29)32-6-3)20(33-24(28)31-5-2)16-17-12-8-7-9-13-17/h7-16H,4-6H2,1-3H3/b20-16+. The highest BCUT2D eigenvalue weighted by Gasteiger charge is 2.30. The van der Waals surface area contributed by atoms with Crippen molar-refractivity contribution in [2.45, 2.75) is 20.8 Å². The summed E-state index contributed by atoms with van der Waals surface area (Å²) < 4.78 is 27.2. The summed E-state index contributed by atoms with van der Waals surface area (Å²) in [4.78, 5) is 37.5. The lowest BCUT2D eigenvalue weighted by atomic mass is 10.1. The number of hydrogen-bond acceptors (Lipinski definition) is 8. The number of nitrogens with zero attached hydrogens (tertiary/aromatic N) is 1. The number of benzene rings is 2. The maximum absolute atomic E-state index is 12.9. The second kappa shape index (κ2) is 11.6. The van der Waals surface area contributed by atoms with Crippen molar-refractivity contribution in [3.05, 3.63) is 65.7 Å². The van der Waals surface area contributed by atoms with Crippen molar-refractivity contribution < 1.29 is 38.1 Å². The minimum absolute atomic E-state index is 0.00296. The lowest BCUT2D eigenvalue weighted by Gasteiger charge is -2.13. The Morgan fingerprint density at radius 2 is 1.41 bits per heavy atom. The van der Waals surface area contributed by atoms with Gasteiger partial charge in [0.2, 0.25) is 5.88 Å². The Morgan fingerprint density at radius 1 is 0.794 bits per heavy atom. The highest BCUT2D eigenvalue weighted by Crippen LogP contribution is 2.39. The van der Waals surface area contributed by atoms with Crippen molar-refractivity contribution in [1.29, 1.82) is 0 Å². The summed E-state index contributed by atoms with van der Waals surface area (Å²) in [5.74, 6) is -0.215. The van der Waals surface area contributed by atoms with E-state index in [1.54, 1.807) is 63.2 Å². The summed E-state index contributed by atoms with van der Waals surface area (Å²) in [5, 5.41) is 0.473. The number of rotatable bonds is 7. The van der Waals surface area contributed by atoms with Crippen LogP contribution >= 0.6 is 0 Å². The molecular weight excluding hydrogens is 442 g/mol. The number of carbonyl (C=O) groups excluding carboxylic acids is 3. The van der Waals surface area contributed by atoms with Gasteiger partial charge in [0, 0.05) is 5.39 Å². The number of carbonyl (C=O) groups is 3. The van der Waals surface area contributed by atoms with E-state index in [0.29, 0.717) is 16.5 Å². The molecule has 0 amide bonds. The molecule has 0 N–H and O–H groups in total. The van der Waals surface area contributed by atoms with Crippen LogP contribution in [0.15, 0.2) is 54.6 Å². The Balaban J connectivity index is 2.31. The molecule has 0 atom stereocenters. The van der Waals surface area contributed by atoms with E-state index in [1.807, 2.05) is 18.2 Å². The molecule has 0 aliphatic rings. The summed E-state index contributed by atoms with van der Waals surface area (Å²) in [5.41, 5.74) is 1.24. The third kappa shape index (κ3) is 5.55. The molecule has 178 valence electrons. The molecule has 1 aromatic heterocycles. The fourth-order valence-corrected chi connectivity index (χ4v) is 3.24. The predicted molar refractivity (Wildman–Crippen MR) is 124 cm³/mol. The molecule has 0 aliphatic heterocycles. The molecule has 9 heteroatoms. The largest absolute Gasteiger partial charge is 0.515 e. The van der Waals surface area contributed by atoms with E-state index in [9.17, 15) is 14.4 Å². The van der Waals surface area contributed by atoms with Crippen molar-refractivity contribution in [2.24, 2.45) is 0 Å². The molecule has 3 rings (SSSR count). The second-order valence-corrected chi connectivity index (χ2v) is 6.72. The Kier molecular flexibility index (Phi) is 8.28. The average molecular weight is 467 g/mol. The van der Waals surface area contributed by atoms with Gasteiger partial charge in [-0.2, -0.15) is 0 Å². The van der Waals surface area contributed by atoms with Crippen molar-refractivity contribution in [3.8, 4) is 5.88 Å². The maximum Gasteiger partial charge on any atom is 0.515 e. The van der Waals surface area contributed by atoms with Gasteiger partial charge >= 0.3 is 18.4 Å². The lowest BCUT2D eigenvalue weighted by Crippen LogP contribution is -2.19. The molecule has 0 saturated carbocycles. The first-order valence-corrected chi connectivity index (χ1v) is 10.8. The minimum atomic E-state index is -1.03. The summed E-state index contributed by atoms with van der Waals surface area (Å²) in [6.45, 7) is 5.15. The van der Waals surface area contributed by atoms with Crippen LogP contribution in [0.2, 0.25) is 0 Å². The van der Waals surface area contributed by atoms with Gasteiger partial charge in [-0.05, 0) is 38.5 Å². The lowest BCUT2D eigenvalue weighted by molar-refractivity contribution is 0.0951. The van der Waals surface area contributed by atoms with E-state index in [4.69, 9.17) is 23.7 Å². The van der Waals surface area contributed by atoms with E-state index < -0.39 is 18.4 Å². The molecule has 1 heterocycles. The summed E-state index contributed by atoms with van der Waals surface area (Å²) in [6, 6.07) is 15.9. The van der Waals surface area contributed by atoms with E-state index in [1.165, 1.54) is 0 Å². The highest BCUT2D eigenvalue weighted by molar-refractivity contribution is 6.04. The van der Waals surface area contributed by atoms with Crippen LogP contribution in [0.1, 0.15) is 31.9 Å². The van der Waals surface area contributed by atoms with E-state index in [2.05, 4.69) is 0 Å². The van der Waals surface area contributed by atoms with Gasteiger partial charge in [-0.25, -0.2) is 19.0 Å². The molecule has 0 radical (unpaired) electrons. The molecule has 34 heavy (non-hydrogen) atoms. The van der Waals surface area contributed by atoms with Crippen LogP contribution in [0, 0.1) is 0 Å². The summed E-state index contributed by atoms with van der Waals surface area (Å²) in [7, 11) is 0. The fraction of sp³-hybridized carbons (Fsp3) is 0.240. The monoisotopic (exact) mass is 467 g/mol. The van der Waals surface area contributed by atoms with Crippen molar-refractivity contribution in [2.75, 3.05) is 19.8 Å². The van der Waals surface area contributed by atoms with Crippen LogP contribution in [0.5, 0.6) is 5.88 Å². The van der Waals surface area contributed by atoms with E-state index >= 15 is 0 Å². The van der Waals surface area contributed by atoms with Gasteiger partial charge in [-0.15, -0.1) is 0 Å². The Labute approximate surface area is 196 Å². The second-order valence-electron chi connectivity index (χ2n) is 6.72. The fourth-order valence-electron chi connectivity index (χ4n) is 3.24. The average Bonchev–Trinajstić information content (AvgIpc) is 3.13. The zero-order valence-electron chi connectivity index (χ0n) is 19.1. The van der Waals surface area contributed by atoms with Gasteiger partial charge in [-0.3, -0.25) is 0 Å². The first kappa shape index (κ1) is 24.4. The number of fused-ring (bicyclic) bond motifs is 1. The quantitative estimate of drug-likeness (QED) is 0.242. The zero-order chi connectivity index (χ0) is 24.5. The molecule has 9 nitrogen and oxygen atoms in total. The van der Waals surface area contributed by atoms with Crippen molar-refractivity contribution in [3.63, 3.8) is 0 Å². The first-order chi connectivity index (χ1) is 16.5. The Bertz CT molecular complexity index is 1200. The Hall–Kier alpha value is -4.27. The van der Waals surface area contributed by atoms with Gasteiger partial charge in [0.05, 0.1) is 30.9 Å². The van der Waals surface area contributed by atoms with Gasteiger partial charge < -0.3 is 23.7 Å². The van der Waals surface area contributed by atoms with Crippen LogP contribution < -0.4 is 4.74 Å². The summed E-state index contributed by atoms with van der Waals surface area (Å²) in [6.07, 6.45) is -1.20. The zero-order valence-corrected chi connectivity index (χ0v) is 19.1. The molecule has 0 unspecified atom stereocenters. The van der Waals surface area contributed by atoms with Crippen LogP contribution in [0.3, 0.4) is 0 Å². The predicted octanol–water partition coefficient (Wildman–Crippen LogP) is 5.85. The number of hydrogen-bond donors (Lipinski definition) is 0. The van der Waals surface area contributed by atoms with Gasteiger partial charge in [0.1, 0.15) is 5.76 Å². The van der Waals surface area contributed by atoms with Gasteiger partial charge in [0.15, 0.2) is 0 Å². The molecule has 0 bridgehead atoms. The van der Waals surface area contributed by atoms with Crippen LogP contribution in [0.25, 0.3) is 22.7 Å². The molecule has 0 aliphatic carbocycles. The van der Waals surface area contributed by atoms with Crippen LogP contribution in [-0.2, 0) is 18.9 Å². The molecular formula is C25H25NO8.